The highest BCUT2D eigenvalue weighted by molar-refractivity contribution is 5.76. The molecule has 0 aliphatic heterocycles. The third kappa shape index (κ3) is 9.94. The molecule has 0 radical (unpaired) electrons. The summed E-state index contributed by atoms with van der Waals surface area (Å²) in [4.78, 5) is 16.6. The van der Waals surface area contributed by atoms with Crippen molar-refractivity contribution in [3.05, 3.63) is 60.2 Å². The molecule has 0 fully saturated rings. The minimum atomic E-state index is -0.572. The first kappa shape index (κ1) is 22.7. The number of carbonyl (C=O) groups excluding carboxylic acids is 1. The molecular weight excluding hydrogens is 372 g/mol. The van der Waals surface area contributed by atoms with Gasteiger partial charge >= 0.3 is 0 Å². The van der Waals surface area contributed by atoms with Crippen molar-refractivity contribution in [1.29, 1.82) is 0 Å². The van der Waals surface area contributed by atoms with Gasteiger partial charge in [0.05, 0.1) is 6.10 Å². The summed E-state index contributed by atoms with van der Waals surface area (Å²) in [6.07, 6.45) is 0.163. The lowest BCUT2D eigenvalue weighted by Crippen LogP contribution is -2.32. The predicted octanol–water partition coefficient (Wildman–Crippen LogP) is 2.09. The van der Waals surface area contributed by atoms with Crippen LogP contribution in [0.2, 0.25) is 0 Å². The fourth-order valence-corrected chi connectivity index (χ4v) is 2.38. The number of carbonyl (C=O) groups is 1. The molecule has 0 saturated heterocycles. The van der Waals surface area contributed by atoms with Gasteiger partial charge in [0, 0.05) is 6.54 Å². The number of hydrogen-bond acceptors (Lipinski definition) is 6. The maximum atomic E-state index is 11.5. The summed E-state index contributed by atoms with van der Waals surface area (Å²) in [5.74, 6) is 1.04. The molecule has 0 aliphatic carbocycles. The highest BCUT2D eigenvalue weighted by Gasteiger charge is 2.06. The zero-order valence-electron chi connectivity index (χ0n) is 17.0. The quantitative estimate of drug-likeness (QED) is 0.351. The van der Waals surface area contributed by atoms with Crippen LogP contribution < -0.4 is 20.3 Å². The van der Waals surface area contributed by atoms with Gasteiger partial charge in [0.1, 0.15) is 24.2 Å². The molecule has 29 heavy (non-hydrogen) atoms. The molecule has 1 amide bonds. The van der Waals surface area contributed by atoms with Gasteiger partial charge in [-0.3, -0.25) is 9.63 Å². The minimum absolute atomic E-state index is 0.0793. The highest BCUT2D eigenvalue weighted by atomic mass is 16.7. The average Bonchev–Trinajstić information content (AvgIpc) is 2.74. The average molecular weight is 402 g/mol. The van der Waals surface area contributed by atoms with E-state index >= 15 is 0 Å². The fraction of sp³-hybridized carbons (Fsp3) is 0.409. The Morgan fingerprint density at radius 2 is 1.69 bits per heavy atom. The zero-order valence-corrected chi connectivity index (χ0v) is 17.0. The summed E-state index contributed by atoms with van der Waals surface area (Å²) in [6.45, 7) is 5.00. The summed E-state index contributed by atoms with van der Waals surface area (Å²) >= 11 is 0. The van der Waals surface area contributed by atoms with Gasteiger partial charge in [0.25, 0.3) is 5.91 Å². The van der Waals surface area contributed by atoms with Gasteiger partial charge in [-0.1, -0.05) is 30.3 Å². The second-order valence-corrected chi connectivity index (χ2v) is 6.86. The Hall–Kier alpha value is -2.61. The molecule has 0 saturated carbocycles. The van der Waals surface area contributed by atoms with Gasteiger partial charge in [0.15, 0.2) is 6.61 Å². The smallest absolute Gasteiger partial charge is 0.281 e. The Labute approximate surface area is 171 Å². The minimum Gasteiger partial charge on any atom is -0.491 e. The van der Waals surface area contributed by atoms with Crippen LogP contribution in [0.4, 0.5) is 0 Å². The zero-order chi connectivity index (χ0) is 20.9. The molecule has 1 atom stereocenters. The van der Waals surface area contributed by atoms with Crippen molar-refractivity contribution >= 4 is 5.91 Å². The number of aliphatic hydroxyl groups is 1. The van der Waals surface area contributed by atoms with E-state index in [0.29, 0.717) is 12.3 Å². The van der Waals surface area contributed by atoms with E-state index in [0.717, 1.165) is 24.3 Å². The molecule has 2 aromatic rings. The van der Waals surface area contributed by atoms with E-state index in [4.69, 9.17) is 14.3 Å². The monoisotopic (exact) mass is 402 g/mol. The lowest BCUT2D eigenvalue weighted by Gasteiger charge is -2.13. The summed E-state index contributed by atoms with van der Waals surface area (Å²) in [6, 6.07) is 17.0. The Kier molecular flexibility index (Phi) is 9.99. The molecule has 0 bridgehead atoms. The molecule has 1 unspecified atom stereocenters. The first-order chi connectivity index (χ1) is 14.0. The van der Waals surface area contributed by atoms with Crippen LogP contribution in [0, 0.1) is 0 Å². The van der Waals surface area contributed by atoms with Crippen molar-refractivity contribution in [2.75, 3.05) is 26.3 Å². The summed E-state index contributed by atoms with van der Waals surface area (Å²) in [5.41, 5.74) is 3.46. The first-order valence-electron chi connectivity index (χ1n) is 9.76. The maximum Gasteiger partial charge on any atom is 0.281 e. The highest BCUT2D eigenvalue weighted by Crippen LogP contribution is 2.12. The van der Waals surface area contributed by atoms with Crippen molar-refractivity contribution in [2.24, 2.45) is 0 Å². The van der Waals surface area contributed by atoms with E-state index in [1.165, 1.54) is 0 Å². The van der Waals surface area contributed by atoms with E-state index in [1.54, 1.807) is 0 Å². The first-order valence-corrected chi connectivity index (χ1v) is 9.76. The molecule has 0 aliphatic rings. The normalized spacial score (nSPS) is 11.9. The second kappa shape index (κ2) is 12.8. The lowest BCUT2D eigenvalue weighted by atomic mass is 10.1. The third-order valence-electron chi connectivity index (χ3n) is 3.86. The van der Waals surface area contributed by atoms with Crippen LogP contribution in [0.1, 0.15) is 19.4 Å². The van der Waals surface area contributed by atoms with Crippen LogP contribution in [0.3, 0.4) is 0 Å². The van der Waals surface area contributed by atoms with Crippen LogP contribution in [0.15, 0.2) is 54.6 Å². The van der Waals surface area contributed by atoms with Crippen molar-refractivity contribution in [2.45, 2.75) is 32.5 Å². The molecule has 0 heterocycles. The number of ether oxygens (including phenoxy) is 2. The summed E-state index contributed by atoms with van der Waals surface area (Å²) < 4.78 is 10.9. The van der Waals surface area contributed by atoms with Crippen molar-refractivity contribution in [3.63, 3.8) is 0 Å². The number of hydrogen-bond donors (Lipinski definition) is 3. The van der Waals surface area contributed by atoms with Gasteiger partial charge in [0.2, 0.25) is 0 Å². The van der Waals surface area contributed by atoms with Crippen LogP contribution in [0.5, 0.6) is 11.5 Å². The molecule has 2 aromatic carbocycles. The Bertz CT molecular complexity index is 707. The molecule has 158 valence electrons. The largest absolute Gasteiger partial charge is 0.491 e. The molecule has 0 aromatic heterocycles. The van der Waals surface area contributed by atoms with Crippen molar-refractivity contribution in [3.8, 4) is 11.5 Å². The van der Waals surface area contributed by atoms with Gasteiger partial charge in [-0.25, -0.2) is 5.48 Å². The van der Waals surface area contributed by atoms with Crippen LogP contribution in [-0.4, -0.2) is 49.5 Å². The maximum absolute atomic E-state index is 11.5. The third-order valence-corrected chi connectivity index (χ3v) is 3.86. The lowest BCUT2D eigenvalue weighted by molar-refractivity contribution is -0.139. The number of para-hydroxylation sites is 1. The Morgan fingerprint density at radius 1 is 1.00 bits per heavy atom. The summed E-state index contributed by atoms with van der Waals surface area (Å²) in [5, 5.41) is 13.2. The number of benzene rings is 2. The topological polar surface area (TPSA) is 89.1 Å². The van der Waals surface area contributed by atoms with E-state index in [-0.39, 0.29) is 25.2 Å². The number of hydroxylamine groups is 1. The molecule has 2 rings (SSSR count). The van der Waals surface area contributed by atoms with Gasteiger partial charge in [-0.05, 0) is 56.6 Å². The molecule has 7 heteroatoms. The number of amides is 1. The number of rotatable bonds is 13. The number of nitrogens with one attached hydrogen (secondary N) is 2. The van der Waals surface area contributed by atoms with Crippen LogP contribution in [0.25, 0.3) is 0 Å². The van der Waals surface area contributed by atoms with Crippen molar-refractivity contribution < 1.29 is 24.2 Å². The predicted molar refractivity (Wildman–Crippen MR) is 111 cm³/mol. The van der Waals surface area contributed by atoms with E-state index in [9.17, 15) is 9.90 Å². The van der Waals surface area contributed by atoms with E-state index < -0.39 is 6.10 Å². The van der Waals surface area contributed by atoms with Crippen LogP contribution >= 0.6 is 0 Å². The van der Waals surface area contributed by atoms with Crippen LogP contribution in [-0.2, 0) is 16.1 Å². The van der Waals surface area contributed by atoms with Gasteiger partial charge < -0.3 is 19.9 Å². The molecular formula is C22H30N2O5. The van der Waals surface area contributed by atoms with Gasteiger partial charge in [-0.15, -0.1) is 0 Å². The SMILES string of the molecule is CC(C)ONC(=O)COc1ccc(CCNCC(O)COc2ccccc2)cc1. The van der Waals surface area contributed by atoms with E-state index in [2.05, 4.69) is 10.8 Å². The molecule has 0 spiro atoms. The summed E-state index contributed by atoms with van der Waals surface area (Å²) in [7, 11) is 0. The molecule has 3 N–H and O–H groups in total. The molecule has 7 nitrogen and oxygen atoms in total. The van der Waals surface area contributed by atoms with Gasteiger partial charge in [-0.2, -0.15) is 0 Å². The van der Waals surface area contributed by atoms with Crippen molar-refractivity contribution in [1.82, 2.24) is 10.8 Å². The standard InChI is InChI=1S/C22H30N2O5/c1-17(2)29-24-22(26)16-28-21-10-8-18(9-11-21)12-13-23-14-19(25)15-27-20-6-4-3-5-7-20/h3-11,17,19,23,25H,12-16H2,1-2H3,(H,24,26). The Balaban J connectivity index is 1.58. The second-order valence-electron chi connectivity index (χ2n) is 6.86. The fourth-order valence-electron chi connectivity index (χ4n) is 2.38. The number of aliphatic hydroxyl groups excluding tert-OH is 1. The van der Waals surface area contributed by atoms with E-state index in [1.807, 2.05) is 68.4 Å². The Morgan fingerprint density at radius 3 is 2.38 bits per heavy atom.